The molecule has 0 saturated heterocycles. The average Bonchev–Trinajstić information content (AvgIpc) is 3.35. The number of hydrogen-bond acceptors (Lipinski definition) is 5. The third kappa shape index (κ3) is 6.49. The van der Waals surface area contributed by atoms with Crippen LogP contribution in [0.1, 0.15) is 52.4 Å². The van der Waals surface area contributed by atoms with Crippen LogP contribution in [-0.4, -0.2) is 47.3 Å². The number of halogens is 3. The molecule has 1 atom stereocenters. The minimum Gasteiger partial charge on any atom is -0.462 e. The number of rotatable bonds is 5. The second-order valence-electron chi connectivity index (χ2n) is 8.89. The van der Waals surface area contributed by atoms with Gasteiger partial charge in [-0.1, -0.05) is 31.2 Å². The Labute approximate surface area is 217 Å². The van der Waals surface area contributed by atoms with Crippen LogP contribution in [0, 0.1) is 5.92 Å². The van der Waals surface area contributed by atoms with Gasteiger partial charge in [0.15, 0.2) is 0 Å². The molecule has 37 heavy (non-hydrogen) atoms. The Bertz CT molecular complexity index is 1250. The summed E-state index contributed by atoms with van der Waals surface area (Å²) in [6.45, 7) is 5.32. The highest BCUT2D eigenvalue weighted by atomic mass is 32.1. The van der Waals surface area contributed by atoms with E-state index in [9.17, 15) is 22.8 Å². The molecule has 1 aromatic heterocycles. The molecule has 2 aromatic rings. The molecular formula is C27H28F3N3O3S. The zero-order valence-electron chi connectivity index (χ0n) is 20.6. The Kier molecular flexibility index (Phi) is 8.16. The van der Waals surface area contributed by atoms with E-state index >= 15 is 0 Å². The summed E-state index contributed by atoms with van der Waals surface area (Å²) in [4.78, 5) is 32.7. The molecule has 4 rings (SSSR count). The SMILES string of the molecule is CCOC(=O)c1cccc(C2=CCN(C3=NC(=O)N(Cc4ccc(C(F)(F)F)s4)C=CC[C@H]3C)CC2)c1. The van der Waals surface area contributed by atoms with Crippen LogP contribution in [0.3, 0.4) is 0 Å². The van der Waals surface area contributed by atoms with E-state index in [-0.39, 0.29) is 18.4 Å². The molecule has 0 bridgehead atoms. The van der Waals surface area contributed by atoms with E-state index in [1.165, 1.54) is 11.0 Å². The number of carbonyl (C=O) groups is 2. The topological polar surface area (TPSA) is 62.2 Å². The minimum absolute atomic E-state index is 0.00279. The maximum atomic E-state index is 13.0. The lowest BCUT2D eigenvalue weighted by atomic mass is 9.96. The number of aliphatic imine (C=N–C) groups is 1. The fourth-order valence-electron chi connectivity index (χ4n) is 4.32. The molecule has 3 heterocycles. The number of amides is 2. The number of hydrogen-bond donors (Lipinski definition) is 0. The van der Waals surface area contributed by atoms with Gasteiger partial charge in [0.25, 0.3) is 0 Å². The van der Waals surface area contributed by atoms with E-state index in [4.69, 9.17) is 4.74 Å². The van der Waals surface area contributed by atoms with Crippen molar-refractivity contribution in [1.82, 2.24) is 9.80 Å². The van der Waals surface area contributed by atoms with Crippen molar-refractivity contribution in [3.63, 3.8) is 0 Å². The summed E-state index contributed by atoms with van der Waals surface area (Å²) >= 11 is 0.632. The second kappa shape index (κ2) is 11.3. The van der Waals surface area contributed by atoms with E-state index in [0.29, 0.717) is 60.2 Å². The molecule has 1 aromatic carbocycles. The van der Waals surface area contributed by atoms with Gasteiger partial charge in [-0.05, 0) is 55.2 Å². The number of ether oxygens (including phenoxy) is 1. The van der Waals surface area contributed by atoms with Crippen LogP contribution >= 0.6 is 11.3 Å². The number of carbonyl (C=O) groups excluding carboxylic acids is 2. The normalized spacial score (nSPS) is 18.7. The van der Waals surface area contributed by atoms with Gasteiger partial charge in [0, 0.05) is 30.1 Å². The van der Waals surface area contributed by atoms with Gasteiger partial charge in [0.2, 0.25) is 0 Å². The van der Waals surface area contributed by atoms with E-state index in [1.807, 2.05) is 31.2 Å². The van der Waals surface area contributed by atoms with Crippen LogP contribution in [0.25, 0.3) is 5.57 Å². The van der Waals surface area contributed by atoms with E-state index in [2.05, 4.69) is 16.0 Å². The molecular weight excluding hydrogens is 503 g/mol. The quantitative estimate of drug-likeness (QED) is 0.408. The predicted octanol–water partition coefficient (Wildman–Crippen LogP) is 6.61. The van der Waals surface area contributed by atoms with Crippen molar-refractivity contribution in [3.8, 4) is 0 Å². The van der Waals surface area contributed by atoms with Crippen molar-refractivity contribution in [1.29, 1.82) is 0 Å². The van der Waals surface area contributed by atoms with Crippen molar-refractivity contribution in [3.05, 3.63) is 75.6 Å². The summed E-state index contributed by atoms with van der Waals surface area (Å²) in [5.41, 5.74) is 2.57. The molecule has 0 fully saturated rings. The first-order valence-corrected chi connectivity index (χ1v) is 12.9. The summed E-state index contributed by atoms with van der Waals surface area (Å²) in [5, 5.41) is 0. The van der Waals surface area contributed by atoms with Crippen molar-refractivity contribution in [2.75, 3.05) is 19.7 Å². The average molecular weight is 532 g/mol. The van der Waals surface area contributed by atoms with Gasteiger partial charge in [0.1, 0.15) is 10.7 Å². The molecule has 0 radical (unpaired) electrons. The highest BCUT2D eigenvalue weighted by molar-refractivity contribution is 7.12. The molecule has 6 nitrogen and oxygen atoms in total. The lowest BCUT2D eigenvalue weighted by molar-refractivity contribution is -0.134. The number of esters is 1. The fourth-order valence-corrected chi connectivity index (χ4v) is 5.19. The number of thiophene rings is 1. The molecule has 0 spiro atoms. The molecule has 0 aliphatic carbocycles. The molecule has 0 unspecified atom stereocenters. The number of alkyl halides is 3. The van der Waals surface area contributed by atoms with Gasteiger partial charge in [-0.2, -0.15) is 18.2 Å². The highest BCUT2D eigenvalue weighted by Gasteiger charge is 2.33. The molecule has 2 aliphatic rings. The molecule has 10 heteroatoms. The van der Waals surface area contributed by atoms with E-state index < -0.39 is 17.1 Å². The first-order valence-electron chi connectivity index (χ1n) is 12.1. The smallest absolute Gasteiger partial charge is 0.425 e. The highest BCUT2D eigenvalue weighted by Crippen LogP contribution is 2.35. The number of nitrogens with zero attached hydrogens (tertiary/aromatic N) is 3. The lowest BCUT2D eigenvalue weighted by Gasteiger charge is -2.33. The Morgan fingerprint density at radius 1 is 1.24 bits per heavy atom. The van der Waals surface area contributed by atoms with Gasteiger partial charge in [-0.3, -0.25) is 4.90 Å². The van der Waals surface area contributed by atoms with Crippen LogP contribution in [0.4, 0.5) is 18.0 Å². The van der Waals surface area contributed by atoms with Crippen LogP contribution in [-0.2, 0) is 17.5 Å². The zero-order valence-corrected chi connectivity index (χ0v) is 21.4. The third-order valence-electron chi connectivity index (χ3n) is 6.22. The lowest BCUT2D eigenvalue weighted by Crippen LogP contribution is -2.40. The van der Waals surface area contributed by atoms with Crippen LogP contribution < -0.4 is 0 Å². The van der Waals surface area contributed by atoms with Crippen molar-refractivity contribution < 1.29 is 27.5 Å². The van der Waals surface area contributed by atoms with Gasteiger partial charge in [0.05, 0.1) is 18.7 Å². The van der Waals surface area contributed by atoms with Crippen molar-refractivity contribution in [2.24, 2.45) is 10.9 Å². The maximum absolute atomic E-state index is 13.0. The standard InChI is InChI=1S/C27H28F3N3O3S/c1-3-36-25(34)21-8-4-7-20(16-21)19-11-14-32(15-12-19)24-18(2)6-5-13-33(26(35)31-24)17-22-9-10-23(37-22)27(28,29)30/h4-5,7-11,13,16,18H,3,6,12,14-15,17H2,1-2H3/t18-/m1/s1. The van der Waals surface area contributed by atoms with Gasteiger partial charge >= 0.3 is 18.2 Å². The summed E-state index contributed by atoms with van der Waals surface area (Å²) in [6, 6.07) is 9.28. The molecule has 196 valence electrons. The fraction of sp³-hybridized carbons (Fsp3) is 0.370. The third-order valence-corrected chi connectivity index (χ3v) is 7.33. The summed E-state index contributed by atoms with van der Waals surface area (Å²) < 4.78 is 44.0. The van der Waals surface area contributed by atoms with E-state index in [1.54, 1.807) is 19.2 Å². The number of amidine groups is 1. The number of allylic oxidation sites excluding steroid dienone is 1. The second-order valence-corrected chi connectivity index (χ2v) is 10.1. The Hall–Kier alpha value is -3.40. The van der Waals surface area contributed by atoms with Gasteiger partial charge in [-0.15, -0.1) is 11.3 Å². The Balaban J connectivity index is 1.47. The van der Waals surface area contributed by atoms with Crippen molar-refractivity contribution in [2.45, 2.75) is 39.4 Å². The Morgan fingerprint density at radius 2 is 2.05 bits per heavy atom. The zero-order chi connectivity index (χ0) is 26.6. The predicted molar refractivity (Wildman–Crippen MR) is 137 cm³/mol. The number of benzene rings is 1. The van der Waals surface area contributed by atoms with Crippen LogP contribution in [0.2, 0.25) is 0 Å². The molecule has 2 aliphatic heterocycles. The van der Waals surface area contributed by atoms with Crippen LogP contribution in [0.5, 0.6) is 0 Å². The van der Waals surface area contributed by atoms with Gasteiger partial charge < -0.3 is 9.64 Å². The van der Waals surface area contributed by atoms with E-state index in [0.717, 1.165) is 17.2 Å². The monoisotopic (exact) mass is 531 g/mol. The first kappa shape index (κ1) is 26.7. The maximum Gasteiger partial charge on any atom is 0.425 e. The Morgan fingerprint density at radius 3 is 2.73 bits per heavy atom. The number of urea groups is 1. The summed E-state index contributed by atoms with van der Waals surface area (Å²) in [7, 11) is 0. The minimum atomic E-state index is -4.40. The molecule has 0 N–H and O–H groups in total. The summed E-state index contributed by atoms with van der Waals surface area (Å²) in [5.74, 6) is 0.313. The first-order chi connectivity index (χ1) is 17.7. The largest absolute Gasteiger partial charge is 0.462 e. The summed E-state index contributed by atoms with van der Waals surface area (Å²) in [6.07, 6.45) is 2.50. The van der Waals surface area contributed by atoms with Crippen LogP contribution in [0.15, 0.2) is 59.7 Å². The molecule has 2 amide bonds. The van der Waals surface area contributed by atoms with Crippen molar-refractivity contribution >= 4 is 34.7 Å². The van der Waals surface area contributed by atoms with Gasteiger partial charge in [-0.25, -0.2) is 9.59 Å². The molecule has 0 saturated carbocycles.